The van der Waals surface area contributed by atoms with Crippen LogP contribution >= 0.6 is 7.37 Å². The summed E-state index contributed by atoms with van der Waals surface area (Å²) < 4.78 is 16.9. The molecule has 0 amide bonds. The zero-order valence-corrected chi connectivity index (χ0v) is 17.8. The second-order valence-electron chi connectivity index (χ2n) is 7.44. The summed E-state index contributed by atoms with van der Waals surface area (Å²) in [6.45, 7) is 9.65. The molecule has 27 heavy (non-hydrogen) atoms. The Hall–Kier alpha value is -1.77. The van der Waals surface area contributed by atoms with Gasteiger partial charge >= 0.3 is 0 Å². The monoisotopic (exact) mass is 390 g/mol. The van der Waals surface area contributed by atoms with E-state index in [1.807, 2.05) is 32.0 Å². The second-order valence-corrected chi connectivity index (χ2v) is 9.80. The highest BCUT2D eigenvalue weighted by Crippen LogP contribution is 2.36. The molecule has 0 aliphatic heterocycles. The number of rotatable bonds is 8. The van der Waals surface area contributed by atoms with Gasteiger partial charge < -0.3 is 14.7 Å². The average molecular weight is 390 g/mol. The average Bonchev–Trinajstić information content (AvgIpc) is 2.59. The third-order valence-electron chi connectivity index (χ3n) is 5.04. The van der Waals surface area contributed by atoms with E-state index < -0.39 is 7.37 Å². The first-order valence-corrected chi connectivity index (χ1v) is 11.8. The lowest BCUT2D eigenvalue weighted by Crippen LogP contribution is -2.02. The summed E-state index contributed by atoms with van der Waals surface area (Å²) in [6, 6.07) is 9.73. The van der Waals surface area contributed by atoms with Gasteiger partial charge in [0.2, 0.25) is 7.37 Å². The Labute approximate surface area is 162 Å². The minimum absolute atomic E-state index is 0.179. The number of phenolic OH excluding ortho intramolecular Hbond substituents is 1. The van der Waals surface area contributed by atoms with Crippen LogP contribution in [0.25, 0.3) is 0 Å². The molecule has 0 fully saturated rings. The molecule has 2 aromatic rings. The van der Waals surface area contributed by atoms with E-state index >= 15 is 0 Å². The lowest BCUT2D eigenvalue weighted by atomic mass is 9.89. The predicted octanol–water partition coefficient (Wildman–Crippen LogP) is 5.74. The lowest BCUT2D eigenvalue weighted by Gasteiger charge is -2.18. The summed E-state index contributed by atoms with van der Waals surface area (Å²) in [5.74, 6) is 1.36. The molecule has 4 nitrogen and oxygen atoms in total. The van der Waals surface area contributed by atoms with Gasteiger partial charge in [-0.25, -0.2) is 0 Å². The molecule has 0 saturated carbocycles. The van der Waals surface area contributed by atoms with Crippen molar-refractivity contribution in [3.05, 3.63) is 58.1 Å². The predicted molar refractivity (Wildman–Crippen MR) is 111 cm³/mol. The fourth-order valence-corrected chi connectivity index (χ4v) is 3.87. The maximum Gasteiger partial charge on any atom is 0.233 e. The minimum Gasteiger partial charge on any atom is -0.508 e. The van der Waals surface area contributed by atoms with E-state index in [0.717, 1.165) is 36.0 Å². The van der Waals surface area contributed by atoms with Gasteiger partial charge in [-0.3, -0.25) is 4.57 Å². The van der Waals surface area contributed by atoms with Gasteiger partial charge in [0, 0.05) is 6.66 Å². The Balaban J connectivity index is 2.27. The number of aryl methyl sites for hydroxylation is 2. The molecule has 148 valence electrons. The Kier molecular flexibility index (Phi) is 7.13. The van der Waals surface area contributed by atoms with Crippen molar-refractivity contribution in [3.8, 4) is 11.5 Å². The quantitative estimate of drug-likeness (QED) is 0.564. The van der Waals surface area contributed by atoms with Crippen molar-refractivity contribution < 1.29 is 19.3 Å². The maximum absolute atomic E-state index is 11.4. The number of aromatic hydroxyl groups is 1. The van der Waals surface area contributed by atoms with E-state index in [0.29, 0.717) is 17.4 Å². The van der Waals surface area contributed by atoms with Crippen molar-refractivity contribution in [2.45, 2.75) is 52.9 Å². The highest BCUT2D eigenvalue weighted by atomic mass is 31.2. The molecule has 0 spiro atoms. The Morgan fingerprint density at radius 2 is 1.67 bits per heavy atom. The van der Waals surface area contributed by atoms with Crippen LogP contribution < -0.4 is 4.74 Å². The largest absolute Gasteiger partial charge is 0.508 e. The first kappa shape index (κ1) is 21.5. The van der Waals surface area contributed by atoms with Gasteiger partial charge in [-0.05, 0) is 85.0 Å². The van der Waals surface area contributed by atoms with E-state index in [1.54, 1.807) is 6.07 Å². The first-order chi connectivity index (χ1) is 12.6. The van der Waals surface area contributed by atoms with E-state index in [9.17, 15) is 14.6 Å². The molecule has 2 rings (SSSR count). The molecular weight excluding hydrogens is 359 g/mol. The molecule has 0 aliphatic carbocycles. The molecule has 1 unspecified atom stereocenters. The summed E-state index contributed by atoms with van der Waals surface area (Å²) in [6.07, 6.45) is 2.60. The fourth-order valence-electron chi connectivity index (χ4n) is 3.48. The standard InChI is InChI=1S/C22H31O4P/c1-6-18(7-2)21-13-17(8-9-22(21)23)12-20-15(3)10-19(11-16(20)4)26-14-27(5,24)25/h8-11,13,18,23H,6-7,12,14H2,1-5H3,(H,24,25). The van der Waals surface area contributed by atoms with Crippen LogP contribution in [0.3, 0.4) is 0 Å². The highest BCUT2D eigenvalue weighted by Gasteiger charge is 2.15. The molecule has 0 aliphatic rings. The molecule has 5 heteroatoms. The topological polar surface area (TPSA) is 66.8 Å². The summed E-state index contributed by atoms with van der Waals surface area (Å²) in [5.41, 5.74) is 5.58. The van der Waals surface area contributed by atoms with E-state index in [-0.39, 0.29) is 6.35 Å². The van der Waals surface area contributed by atoms with E-state index in [4.69, 9.17) is 4.74 Å². The van der Waals surface area contributed by atoms with Gasteiger partial charge in [0.1, 0.15) is 11.5 Å². The maximum atomic E-state index is 11.4. The number of phenols is 1. The van der Waals surface area contributed by atoms with Crippen LogP contribution in [-0.4, -0.2) is 23.0 Å². The van der Waals surface area contributed by atoms with Crippen LogP contribution in [-0.2, 0) is 11.0 Å². The summed E-state index contributed by atoms with van der Waals surface area (Å²) in [5, 5.41) is 10.2. The third-order valence-corrected chi connectivity index (χ3v) is 5.65. The zero-order chi connectivity index (χ0) is 20.2. The van der Waals surface area contributed by atoms with Crippen LogP contribution in [0.15, 0.2) is 30.3 Å². The van der Waals surface area contributed by atoms with E-state index in [1.165, 1.54) is 17.8 Å². The summed E-state index contributed by atoms with van der Waals surface area (Å²) in [7, 11) is -3.20. The minimum atomic E-state index is -3.20. The van der Waals surface area contributed by atoms with Crippen LogP contribution in [0.4, 0.5) is 0 Å². The molecule has 0 heterocycles. The molecule has 0 aromatic heterocycles. The normalized spacial score (nSPS) is 13.6. The molecule has 0 bridgehead atoms. The van der Waals surface area contributed by atoms with Gasteiger partial charge in [-0.15, -0.1) is 0 Å². The van der Waals surface area contributed by atoms with Crippen molar-refractivity contribution >= 4 is 7.37 Å². The Bertz CT molecular complexity index is 811. The SMILES string of the molecule is CCC(CC)c1cc(Cc2c(C)cc(OCP(C)(=O)O)cc2C)ccc1O. The van der Waals surface area contributed by atoms with Gasteiger partial charge in [0.15, 0.2) is 6.35 Å². The van der Waals surface area contributed by atoms with Crippen molar-refractivity contribution in [2.24, 2.45) is 0 Å². The molecular formula is C22H31O4P. The smallest absolute Gasteiger partial charge is 0.233 e. The third kappa shape index (κ3) is 5.85. The van der Waals surface area contributed by atoms with Crippen molar-refractivity contribution in [1.82, 2.24) is 0 Å². The van der Waals surface area contributed by atoms with Gasteiger partial charge in [0.05, 0.1) is 0 Å². The molecule has 1 atom stereocenters. The number of benzene rings is 2. The first-order valence-electron chi connectivity index (χ1n) is 9.48. The molecule has 0 saturated heterocycles. The number of ether oxygens (including phenoxy) is 1. The van der Waals surface area contributed by atoms with Crippen LogP contribution in [0, 0.1) is 13.8 Å². The summed E-state index contributed by atoms with van der Waals surface area (Å²) >= 11 is 0. The van der Waals surface area contributed by atoms with Crippen molar-refractivity contribution in [2.75, 3.05) is 13.0 Å². The molecule has 2 aromatic carbocycles. The van der Waals surface area contributed by atoms with Crippen LogP contribution in [0.5, 0.6) is 11.5 Å². The highest BCUT2D eigenvalue weighted by molar-refractivity contribution is 7.56. The number of hydrogen-bond donors (Lipinski definition) is 2. The summed E-state index contributed by atoms with van der Waals surface area (Å²) in [4.78, 5) is 9.41. The van der Waals surface area contributed by atoms with E-state index in [2.05, 4.69) is 19.9 Å². The number of hydrogen-bond acceptors (Lipinski definition) is 3. The molecule has 2 N–H and O–H groups in total. The molecule has 0 radical (unpaired) electrons. The zero-order valence-electron chi connectivity index (χ0n) is 17.0. The van der Waals surface area contributed by atoms with Gasteiger partial charge in [-0.1, -0.05) is 26.0 Å². The van der Waals surface area contributed by atoms with Crippen molar-refractivity contribution in [3.63, 3.8) is 0 Å². The van der Waals surface area contributed by atoms with Crippen molar-refractivity contribution in [1.29, 1.82) is 0 Å². The fraction of sp³-hybridized carbons (Fsp3) is 0.455. The Morgan fingerprint density at radius 1 is 1.07 bits per heavy atom. The lowest BCUT2D eigenvalue weighted by molar-refractivity contribution is 0.352. The van der Waals surface area contributed by atoms with Gasteiger partial charge in [0.25, 0.3) is 0 Å². The second kappa shape index (κ2) is 8.95. The van der Waals surface area contributed by atoms with Gasteiger partial charge in [-0.2, -0.15) is 0 Å². The Morgan fingerprint density at radius 3 is 2.19 bits per heavy atom. The van der Waals surface area contributed by atoms with Crippen LogP contribution in [0.1, 0.15) is 60.4 Å². The van der Waals surface area contributed by atoms with Crippen LogP contribution in [0.2, 0.25) is 0 Å².